The third-order valence-corrected chi connectivity index (χ3v) is 3.00. The average molecular weight is 317 g/mol. The number of benzene rings is 2. The number of carbonyl (C=O) groups is 1. The maximum Gasteiger partial charge on any atom is 0.248 e. The van der Waals surface area contributed by atoms with Crippen molar-refractivity contribution in [3.63, 3.8) is 0 Å². The molecule has 96 valence electrons. The number of amides is 1. The summed E-state index contributed by atoms with van der Waals surface area (Å²) in [5, 5.41) is 2.76. The molecule has 3 N–H and O–H groups in total. The summed E-state index contributed by atoms with van der Waals surface area (Å²) in [5.41, 5.74) is 7.93. The molecule has 0 unspecified atom stereocenters. The summed E-state index contributed by atoms with van der Waals surface area (Å²) in [4.78, 5) is 11.7. The van der Waals surface area contributed by atoms with Crippen LogP contribution in [0.5, 0.6) is 0 Å². The molecule has 0 spiro atoms. The minimum absolute atomic E-state index is 0.173. The zero-order valence-corrected chi connectivity index (χ0v) is 11.7. The van der Waals surface area contributed by atoms with Crippen molar-refractivity contribution in [2.24, 2.45) is 0 Å². The Morgan fingerprint density at radius 2 is 1.68 bits per heavy atom. The minimum Gasteiger partial charge on any atom is -0.399 e. The van der Waals surface area contributed by atoms with E-state index in [0.29, 0.717) is 5.69 Å². The lowest BCUT2D eigenvalue weighted by Crippen LogP contribution is -2.07. The van der Waals surface area contributed by atoms with E-state index < -0.39 is 0 Å². The van der Waals surface area contributed by atoms with Gasteiger partial charge in [0, 0.05) is 21.9 Å². The lowest BCUT2D eigenvalue weighted by molar-refractivity contribution is -0.111. The van der Waals surface area contributed by atoms with Gasteiger partial charge in [-0.05, 0) is 48.0 Å². The van der Waals surface area contributed by atoms with E-state index in [-0.39, 0.29) is 5.91 Å². The maximum atomic E-state index is 11.7. The number of nitrogens with one attached hydrogen (secondary N) is 1. The lowest BCUT2D eigenvalue weighted by atomic mass is 10.2. The van der Waals surface area contributed by atoms with Crippen molar-refractivity contribution in [2.45, 2.75) is 0 Å². The van der Waals surface area contributed by atoms with Crippen LogP contribution in [0.4, 0.5) is 11.4 Å². The van der Waals surface area contributed by atoms with Gasteiger partial charge in [0.25, 0.3) is 0 Å². The number of hydrogen-bond donors (Lipinski definition) is 2. The summed E-state index contributed by atoms with van der Waals surface area (Å²) in [6, 6.07) is 14.7. The van der Waals surface area contributed by atoms with Gasteiger partial charge in [0.1, 0.15) is 0 Å². The average Bonchev–Trinajstić information content (AvgIpc) is 2.41. The quantitative estimate of drug-likeness (QED) is 0.670. The molecule has 0 aromatic heterocycles. The zero-order valence-electron chi connectivity index (χ0n) is 10.1. The lowest BCUT2D eigenvalue weighted by Gasteiger charge is -2.02. The normalized spacial score (nSPS) is 10.6. The Labute approximate surface area is 120 Å². The molecular formula is C15H13BrN2O. The molecule has 4 heteroatoms. The first kappa shape index (κ1) is 13.4. The van der Waals surface area contributed by atoms with E-state index in [2.05, 4.69) is 21.2 Å². The molecular weight excluding hydrogens is 304 g/mol. The number of nitrogens with two attached hydrogens (primary N) is 1. The predicted octanol–water partition coefficient (Wildman–Crippen LogP) is 3.68. The van der Waals surface area contributed by atoms with Gasteiger partial charge < -0.3 is 11.1 Å². The highest BCUT2D eigenvalue weighted by Gasteiger charge is 1.97. The van der Waals surface area contributed by atoms with Gasteiger partial charge in [0.15, 0.2) is 0 Å². The van der Waals surface area contributed by atoms with E-state index in [9.17, 15) is 4.79 Å². The number of anilines is 2. The summed E-state index contributed by atoms with van der Waals surface area (Å²) >= 11 is 3.36. The van der Waals surface area contributed by atoms with Crippen molar-refractivity contribution >= 4 is 39.3 Å². The third-order valence-electron chi connectivity index (χ3n) is 2.48. The highest BCUT2D eigenvalue weighted by Crippen LogP contribution is 2.12. The summed E-state index contributed by atoms with van der Waals surface area (Å²) < 4.78 is 1.01. The molecule has 2 rings (SSSR count). The molecule has 0 saturated carbocycles. The third kappa shape index (κ3) is 4.26. The van der Waals surface area contributed by atoms with Crippen LogP contribution in [0.2, 0.25) is 0 Å². The molecule has 0 radical (unpaired) electrons. The molecule has 0 aliphatic heterocycles. The van der Waals surface area contributed by atoms with E-state index >= 15 is 0 Å². The van der Waals surface area contributed by atoms with Gasteiger partial charge in [-0.3, -0.25) is 4.79 Å². The molecule has 3 nitrogen and oxygen atoms in total. The second-order valence-electron chi connectivity index (χ2n) is 4.00. The largest absolute Gasteiger partial charge is 0.399 e. The number of rotatable bonds is 3. The Bertz CT molecular complexity index is 589. The van der Waals surface area contributed by atoms with E-state index in [1.165, 1.54) is 6.08 Å². The molecule has 0 atom stereocenters. The Hall–Kier alpha value is -2.07. The smallest absolute Gasteiger partial charge is 0.248 e. The first-order chi connectivity index (χ1) is 9.13. The van der Waals surface area contributed by atoms with Gasteiger partial charge in [-0.2, -0.15) is 0 Å². The standard InChI is InChI=1S/C15H13BrN2O/c16-12-4-1-11(2-5-12)3-10-15(19)18-14-8-6-13(17)7-9-14/h1-10H,17H2,(H,18,19)/b10-3+. The highest BCUT2D eigenvalue weighted by molar-refractivity contribution is 9.10. The van der Waals surface area contributed by atoms with E-state index in [1.807, 2.05) is 24.3 Å². The number of halogens is 1. The summed E-state index contributed by atoms with van der Waals surface area (Å²) in [6.45, 7) is 0. The second kappa shape index (κ2) is 6.20. The van der Waals surface area contributed by atoms with Gasteiger partial charge in [0.05, 0.1) is 0 Å². The van der Waals surface area contributed by atoms with Crippen LogP contribution in [0.1, 0.15) is 5.56 Å². The van der Waals surface area contributed by atoms with Crippen molar-refractivity contribution in [3.05, 3.63) is 64.6 Å². The van der Waals surface area contributed by atoms with Crippen LogP contribution in [0.15, 0.2) is 59.1 Å². The molecule has 0 heterocycles. The Kier molecular flexibility index (Phi) is 4.36. The van der Waals surface area contributed by atoms with Crippen LogP contribution in [0, 0.1) is 0 Å². The number of nitrogen functional groups attached to an aromatic ring is 1. The predicted molar refractivity (Wildman–Crippen MR) is 82.7 cm³/mol. The van der Waals surface area contributed by atoms with E-state index in [4.69, 9.17) is 5.73 Å². The fourth-order valence-electron chi connectivity index (χ4n) is 1.50. The molecule has 1 amide bonds. The van der Waals surface area contributed by atoms with Crippen LogP contribution in [-0.2, 0) is 4.79 Å². The molecule has 19 heavy (non-hydrogen) atoms. The molecule has 0 aliphatic carbocycles. The van der Waals surface area contributed by atoms with Gasteiger partial charge >= 0.3 is 0 Å². The molecule has 0 bridgehead atoms. The number of carbonyl (C=O) groups excluding carboxylic acids is 1. The first-order valence-corrected chi connectivity index (χ1v) is 6.53. The Balaban J connectivity index is 1.97. The van der Waals surface area contributed by atoms with Crippen LogP contribution >= 0.6 is 15.9 Å². The Morgan fingerprint density at radius 3 is 2.32 bits per heavy atom. The van der Waals surface area contributed by atoms with Gasteiger partial charge in [-0.25, -0.2) is 0 Å². The van der Waals surface area contributed by atoms with Crippen LogP contribution in [0.25, 0.3) is 6.08 Å². The summed E-state index contributed by atoms with van der Waals surface area (Å²) in [5.74, 6) is -0.173. The van der Waals surface area contributed by atoms with E-state index in [0.717, 1.165) is 15.7 Å². The summed E-state index contributed by atoms with van der Waals surface area (Å²) in [6.07, 6.45) is 3.26. The molecule has 2 aromatic carbocycles. The van der Waals surface area contributed by atoms with Crippen molar-refractivity contribution in [3.8, 4) is 0 Å². The molecule has 0 aliphatic rings. The topological polar surface area (TPSA) is 55.1 Å². The minimum atomic E-state index is -0.173. The van der Waals surface area contributed by atoms with Crippen molar-refractivity contribution in [1.82, 2.24) is 0 Å². The molecule has 0 saturated heterocycles. The van der Waals surface area contributed by atoms with Crippen molar-refractivity contribution in [1.29, 1.82) is 0 Å². The van der Waals surface area contributed by atoms with Crippen molar-refractivity contribution < 1.29 is 4.79 Å². The molecule has 0 fully saturated rings. The first-order valence-electron chi connectivity index (χ1n) is 5.74. The second-order valence-corrected chi connectivity index (χ2v) is 4.91. The maximum absolute atomic E-state index is 11.7. The van der Waals surface area contributed by atoms with Crippen LogP contribution in [0.3, 0.4) is 0 Å². The van der Waals surface area contributed by atoms with Gasteiger partial charge in [-0.15, -0.1) is 0 Å². The monoisotopic (exact) mass is 316 g/mol. The van der Waals surface area contributed by atoms with Crippen LogP contribution in [-0.4, -0.2) is 5.91 Å². The molecule has 2 aromatic rings. The highest BCUT2D eigenvalue weighted by atomic mass is 79.9. The summed E-state index contributed by atoms with van der Waals surface area (Å²) in [7, 11) is 0. The number of hydrogen-bond acceptors (Lipinski definition) is 2. The van der Waals surface area contributed by atoms with Crippen molar-refractivity contribution in [2.75, 3.05) is 11.1 Å². The Morgan fingerprint density at radius 1 is 1.05 bits per heavy atom. The fourth-order valence-corrected chi connectivity index (χ4v) is 1.76. The van der Waals surface area contributed by atoms with Gasteiger partial charge in [0.2, 0.25) is 5.91 Å². The van der Waals surface area contributed by atoms with E-state index in [1.54, 1.807) is 30.3 Å². The van der Waals surface area contributed by atoms with Crippen LogP contribution < -0.4 is 11.1 Å². The van der Waals surface area contributed by atoms with Gasteiger partial charge in [-0.1, -0.05) is 28.1 Å². The zero-order chi connectivity index (χ0) is 13.7. The fraction of sp³-hybridized carbons (Fsp3) is 0. The SMILES string of the molecule is Nc1ccc(NC(=O)/C=C/c2ccc(Br)cc2)cc1.